The van der Waals surface area contributed by atoms with Crippen LogP contribution in [0, 0.1) is 0 Å². The molecule has 0 saturated carbocycles. The molecule has 1 aliphatic rings. The van der Waals surface area contributed by atoms with Gasteiger partial charge in [0, 0.05) is 0 Å². The van der Waals surface area contributed by atoms with E-state index in [1.165, 1.54) is 0 Å². The second-order valence-electron chi connectivity index (χ2n) is 1.81. The van der Waals surface area contributed by atoms with Gasteiger partial charge in [-0.15, -0.1) is 0 Å². The summed E-state index contributed by atoms with van der Waals surface area (Å²) in [6.07, 6.45) is 0. The standard InChI is InChI=1S/C4H9N3OS/c8-3-7-1-5-4(9)6-2-7/h8H,1-3H2,(H2,5,6,9). The molecule has 52 valence electrons. The van der Waals surface area contributed by atoms with E-state index in [2.05, 4.69) is 10.6 Å². The van der Waals surface area contributed by atoms with E-state index < -0.39 is 0 Å². The van der Waals surface area contributed by atoms with Crippen molar-refractivity contribution >= 4 is 17.3 Å². The largest absolute Gasteiger partial charge is 0.381 e. The normalized spacial score (nSPS) is 20.8. The molecular weight excluding hydrogens is 138 g/mol. The van der Waals surface area contributed by atoms with Crippen LogP contribution in [0.2, 0.25) is 0 Å². The Kier molecular flexibility index (Phi) is 2.21. The molecule has 0 spiro atoms. The summed E-state index contributed by atoms with van der Waals surface area (Å²) in [5.74, 6) is 0. The zero-order valence-corrected chi connectivity index (χ0v) is 5.74. The van der Waals surface area contributed by atoms with Crippen molar-refractivity contribution in [3.05, 3.63) is 0 Å². The van der Waals surface area contributed by atoms with Crippen molar-refractivity contribution in [1.29, 1.82) is 0 Å². The number of rotatable bonds is 1. The second-order valence-corrected chi connectivity index (χ2v) is 2.22. The van der Waals surface area contributed by atoms with Gasteiger partial charge >= 0.3 is 0 Å². The minimum Gasteiger partial charge on any atom is -0.381 e. The van der Waals surface area contributed by atoms with E-state index in [0.717, 1.165) is 0 Å². The molecular formula is C4H9N3OS. The van der Waals surface area contributed by atoms with Gasteiger partial charge < -0.3 is 15.7 Å². The number of hydrogen-bond donors (Lipinski definition) is 3. The summed E-state index contributed by atoms with van der Waals surface area (Å²) in [6.45, 7) is 1.31. The summed E-state index contributed by atoms with van der Waals surface area (Å²) in [7, 11) is 0. The lowest BCUT2D eigenvalue weighted by molar-refractivity contribution is 0.0942. The Hall–Kier alpha value is -0.390. The first-order chi connectivity index (χ1) is 4.33. The Bertz CT molecular complexity index is 108. The first-order valence-electron chi connectivity index (χ1n) is 2.68. The van der Waals surface area contributed by atoms with Crippen LogP contribution in [0.25, 0.3) is 0 Å². The minimum atomic E-state index is 0.0581. The summed E-state index contributed by atoms with van der Waals surface area (Å²) < 4.78 is 0. The van der Waals surface area contributed by atoms with Crippen LogP contribution in [0.15, 0.2) is 0 Å². The van der Waals surface area contributed by atoms with E-state index in [9.17, 15) is 0 Å². The molecule has 5 heteroatoms. The SMILES string of the molecule is OCN1CNC(=S)NC1. The molecule has 0 aromatic rings. The molecule has 0 unspecified atom stereocenters. The number of nitrogens with zero attached hydrogens (tertiary/aromatic N) is 1. The summed E-state index contributed by atoms with van der Waals surface area (Å²) in [4.78, 5) is 1.77. The number of thiocarbonyl (C=S) groups is 1. The monoisotopic (exact) mass is 147 g/mol. The average molecular weight is 147 g/mol. The van der Waals surface area contributed by atoms with Gasteiger partial charge in [-0.3, -0.25) is 0 Å². The van der Waals surface area contributed by atoms with Gasteiger partial charge in [-0.05, 0) is 12.2 Å². The minimum absolute atomic E-state index is 0.0581. The highest BCUT2D eigenvalue weighted by Crippen LogP contribution is 1.84. The molecule has 1 heterocycles. The Labute approximate surface area is 58.8 Å². The van der Waals surface area contributed by atoms with Crippen LogP contribution in [-0.4, -0.2) is 35.2 Å². The topological polar surface area (TPSA) is 47.5 Å². The van der Waals surface area contributed by atoms with Crippen molar-refractivity contribution in [2.45, 2.75) is 0 Å². The molecule has 9 heavy (non-hydrogen) atoms. The van der Waals surface area contributed by atoms with Crippen molar-refractivity contribution < 1.29 is 5.11 Å². The predicted octanol–water partition coefficient (Wildman–Crippen LogP) is -1.37. The third kappa shape index (κ3) is 1.78. The summed E-state index contributed by atoms with van der Waals surface area (Å²) in [5.41, 5.74) is 0. The van der Waals surface area contributed by atoms with E-state index in [4.69, 9.17) is 17.3 Å². The van der Waals surface area contributed by atoms with E-state index >= 15 is 0 Å². The molecule has 3 N–H and O–H groups in total. The predicted molar refractivity (Wildman–Crippen MR) is 37.5 cm³/mol. The molecule has 0 atom stereocenters. The molecule has 1 fully saturated rings. The van der Waals surface area contributed by atoms with E-state index in [-0.39, 0.29) is 6.73 Å². The molecule has 1 rings (SSSR count). The maximum absolute atomic E-state index is 8.58. The molecule has 0 amide bonds. The highest BCUT2D eigenvalue weighted by Gasteiger charge is 2.08. The average Bonchev–Trinajstić information content (AvgIpc) is 1.90. The Morgan fingerprint density at radius 2 is 2.11 bits per heavy atom. The Morgan fingerprint density at radius 1 is 1.56 bits per heavy atom. The van der Waals surface area contributed by atoms with Crippen LogP contribution in [0.4, 0.5) is 0 Å². The van der Waals surface area contributed by atoms with E-state index in [1.54, 1.807) is 4.90 Å². The van der Waals surface area contributed by atoms with Crippen molar-refractivity contribution in [1.82, 2.24) is 15.5 Å². The molecule has 0 bridgehead atoms. The van der Waals surface area contributed by atoms with Gasteiger partial charge in [0.25, 0.3) is 0 Å². The van der Waals surface area contributed by atoms with Crippen molar-refractivity contribution in [3.63, 3.8) is 0 Å². The lowest BCUT2D eigenvalue weighted by Gasteiger charge is -2.27. The van der Waals surface area contributed by atoms with Crippen molar-refractivity contribution in [2.75, 3.05) is 20.1 Å². The van der Waals surface area contributed by atoms with Gasteiger partial charge in [-0.25, -0.2) is 4.90 Å². The molecule has 0 radical (unpaired) electrons. The molecule has 1 aliphatic heterocycles. The van der Waals surface area contributed by atoms with Crippen LogP contribution >= 0.6 is 12.2 Å². The number of hydrogen-bond acceptors (Lipinski definition) is 3. The van der Waals surface area contributed by atoms with Gasteiger partial charge in [0.1, 0.15) is 0 Å². The quantitative estimate of drug-likeness (QED) is 0.400. The lowest BCUT2D eigenvalue weighted by atomic mass is 10.7. The smallest absolute Gasteiger partial charge is 0.168 e. The maximum atomic E-state index is 8.58. The van der Waals surface area contributed by atoms with Gasteiger partial charge in [0.05, 0.1) is 20.1 Å². The number of aliphatic hydroxyl groups excluding tert-OH is 1. The van der Waals surface area contributed by atoms with Gasteiger partial charge in [-0.2, -0.15) is 0 Å². The maximum Gasteiger partial charge on any atom is 0.168 e. The van der Waals surface area contributed by atoms with Crippen LogP contribution in [0.1, 0.15) is 0 Å². The molecule has 0 aliphatic carbocycles. The number of nitrogens with one attached hydrogen (secondary N) is 2. The van der Waals surface area contributed by atoms with E-state index in [1.807, 2.05) is 0 Å². The fraction of sp³-hybridized carbons (Fsp3) is 0.750. The molecule has 0 aromatic heterocycles. The Morgan fingerprint density at radius 3 is 2.56 bits per heavy atom. The Balaban J connectivity index is 2.26. The molecule has 0 aromatic carbocycles. The zero-order chi connectivity index (χ0) is 6.69. The van der Waals surface area contributed by atoms with Crippen molar-refractivity contribution in [3.8, 4) is 0 Å². The van der Waals surface area contributed by atoms with Crippen LogP contribution in [0.3, 0.4) is 0 Å². The van der Waals surface area contributed by atoms with Gasteiger partial charge in [0.15, 0.2) is 5.11 Å². The van der Waals surface area contributed by atoms with Gasteiger partial charge in [-0.1, -0.05) is 0 Å². The van der Waals surface area contributed by atoms with Gasteiger partial charge in [0.2, 0.25) is 0 Å². The lowest BCUT2D eigenvalue weighted by Crippen LogP contribution is -2.53. The summed E-state index contributed by atoms with van der Waals surface area (Å²) >= 11 is 4.78. The molecule has 1 saturated heterocycles. The summed E-state index contributed by atoms with van der Waals surface area (Å²) in [5, 5.41) is 15.0. The first-order valence-corrected chi connectivity index (χ1v) is 3.08. The van der Waals surface area contributed by atoms with E-state index in [0.29, 0.717) is 18.4 Å². The third-order valence-electron chi connectivity index (χ3n) is 1.13. The number of aliphatic hydroxyl groups is 1. The highest BCUT2D eigenvalue weighted by molar-refractivity contribution is 7.80. The van der Waals surface area contributed by atoms with Crippen LogP contribution < -0.4 is 10.6 Å². The van der Waals surface area contributed by atoms with Crippen LogP contribution in [0.5, 0.6) is 0 Å². The third-order valence-corrected chi connectivity index (χ3v) is 1.42. The zero-order valence-electron chi connectivity index (χ0n) is 4.92. The summed E-state index contributed by atoms with van der Waals surface area (Å²) in [6, 6.07) is 0. The fourth-order valence-electron chi connectivity index (χ4n) is 0.586. The van der Waals surface area contributed by atoms with Crippen LogP contribution in [-0.2, 0) is 0 Å². The fourth-order valence-corrected chi connectivity index (χ4v) is 0.715. The first kappa shape index (κ1) is 6.73. The highest BCUT2D eigenvalue weighted by atomic mass is 32.1. The second kappa shape index (κ2) is 2.95. The van der Waals surface area contributed by atoms with Crippen molar-refractivity contribution in [2.24, 2.45) is 0 Å². The molecule has 4 nitrogen and oxygen atoms in total.